The average molecular weight is 456 g/mol. The van der Waals surface area contributed by atoms with E-state index in [1.54, 1.807) is 10.6 Å². The fourth-order valence-electron chi connectivity index (χ4n) is 4.72. The average Bonchev–Trinajstić information content (AvgIpc) is 3.50. The molecule has 5 rings (SSSR count). The Morgan fingerprint density at radius 3 is 2.91 bits per heavy atom. The Labute approximate surface area is 197 Å². The molecular formula is C26H25N5O3. The van der Waals surface area contributed by atoms with Crippen molar-refractivity contribution in [3.05, 3.63) is 95.2 Å². The minimum Gasteiger partial charge on any atom is -0.465 e. The number of allylic oxidation sites excluding steroid dienone is 3. The molecule has 8 nitrogen and oxygen atoms in total. The molecule has 3 aromatic rings. The van der Waals surface area contributed by atoms with E-state index in [0.717, 1.165) is 27.9 Å². The van der Waals surface area contributed by atoms with Crippen molar-refractivity contribution < 1.29 is 14.3 Å². The van der Waals surface area contributed by atoms with Gasteiger partial charge >= 0.3 is 5.97 Å². The van der Waals surface area contributed by atoms with Crippen molar-refractivity contribution in [1.82, 2.24) is 24.8 Å². The van der Waals surface area contributed by atoms with Crippen LogP contribution >= 0.6 is 0 Å². The minimum atomic E-state index is -0.371. The van der Waals surface area contributed by atoms with Crippen LogP contribution in [0.5, 0.6) is 0 Å². The number of methoxy groups -OCH3 is 1. The summed E-state index contributed by atoms with van der Waals surface area (Å²) in [5, 5.41) is 7.53. The zero-order valence-electron chi connectivity index (χ0n) is 19.2. The molecule has 1 N–H and O–H groups in total. The van der Waals surface area contributed by atoms with Crippen molar-refractivity contribution in [1.29, 1.82) is 0 Å². The molecule has 1 aromatic carbocycles. The van der Waals surface area contributed by atoms with Crippen molar-refractivity contribution in [2.45, 2.75) is 26.6 Å². The van der Waals surface area contributed by atoms with Gasteiger partial charge in [0, 0.05) is 36.6 Å². The number of hydrogen-bond donors (Lipinski definition) is 1. The Morgan fingerprint density at radius 2 is 2.09 bits per heavy atom. The largest absolute Gasteiger partial charge is 0.465 e. The topological polar surface area (TPSA) is 88.8 Å². The molecule has 2 unspecified atom stereocenters. The lowest BCUT2D eigenvalue weighted by atomic mass is 9.79. The van der Waals surface area contributed by atoms with E-state index >= 15 is 0 Å². The highest BCUT2D eigenvalue weighted by atomic mass is 16.5. The second kappa shape index (κ2) is 8.62. The maximum absolute atomic E-state index is 13.5. The number of hydrogen-bond acceptors (Lipinski definition) is 7. The highest BCUT2D eigenvalue weighted by Gasteiger charge is 2.35. The maximum atomic E-state index is 13.5. The van der Waals surface area contributed by atoms with Crippen molar-refractivity contribution >= 4 is 23.0 Å². The number of fused-ring (bicyclic) bond motifs is 1. The van der Waals surface area contributed by atoms with Gasteiger partial charge in [-0.2, -0.15) is 5.10 Å². The number of pyridine rings is 1. The van der Waals surface area contributed by atoms with Gasteiger partial charge in [-0.25, -0.2) is 14.3 Å². The zero-order chi connectivity index (χ0) is 23.8. The number of ether oxygens (including phenoxy) is 1. The van der Waals surface area contributed by atoms with Crippen LogP contribution in [0.15, 0.2) is 78.5 Å². The van der Waals surface area contributed by atoms with Gasteiger partial charge in [0.05, 0.1) is 12.7 Å². The van der Waals surface area contributed by atoms with Crippen LogP contribution in [0.4, 0.5) is 0 Å². The Hall–Kier alpha value is -4.20. The molecule has 1 aliphatic heterocycles. The third-order valence-corrected chi connectivity index (χ3v) is 6.35. The molecule has 0 bridgehead atoms. The summed E-state index contributed by atoms with van der Waals surface area (Å²) in [5.41, 5.74) is 5.93. The van der Waals surface area contributed by atoms with Gasteiger partial charge < -0.3 is 15.0 Å². The summed E-state index contributed by atoms with van der Waals surface area (Å²) < 4.78 is 6.56. The van der Waals surface area contributed by atoms with Crippen molar-refractivity contribution in [3.63, 3.8) is 0 Å². The van der Waals surface area contributed by atoms with Crippen LogP contribution in [0.1, 0.15) is 35.3 Å². The number of carbonyl (C=O) groups excluding carboxylic acids is 2. The van der Waals surface area contributed by atoms with Gasteiger partial charge in [-0.3, -0.25) is 4.79 Å². The standard InChI is InChI=1S/C26H25N5O3/c1-16-11-21(24(32)17(2)23(16)20-7-8-22-28-15-29-31(22)14-20)25-27-9-10-30(25)13-18-5-4-6-19(12-18)26(33)34-3/h4-12,14-15,17,25,27H,13H2,1-3H3. The Kier molecular flexibility index (Phi) is 5.49. The lowest BCUT2D eigenvalue weighted by Gasteiger charge is -2.32. The number of nitrogens with one attached hydrogen (secondary N) is 1. The fourth-order valence-corrected chi connectivity index (χ4v) is 4.72. The monoisotopic (exact) mass is 455 g/mol. The first-order chi connectivity index (χ1) is 16.5. The predicted molar refractivity (Wildman–Crippen MR) is 127 cm³/mol. The third-order valence-electron chi connectivity index (χ3n) is 6.35. The first-order valence-corrected chi connectivity index (χ1v) is 11.1. The van der Waals surface area contributed by atoms with Crippen LogP contribution in [0, 0.1) is 5.92 Å². The van der Waals surface area contributed by atoms with Gasteiger partial charge in [0.1, 0.15) is 12.5 Å². The number of benzene rings is 1. The SMILES string of the molecule is COC(=O)c1cccc(CN2C=CNC2C2=CC(C)=C(c3ccc4ncnn4c3)C(C)C2=O)c1. The van der Waals surface area contributed by atoms with Gasteiger partial charge in [-0.15, -0.1) is 0 Å². The summed E-state index contributed by atoms with van der Waals surface area (Å²) in [6, 6.07) is 11.2. The molecule has 8 heteroatoms. The van der Waals surface area contributed by atoms with E-state index < -0.39 is 0 Å². The van der Waals surface area contributed by atoms with Gasteiger partial charge in [-0.1, -0.05) is 19.1 Å². The minimum absolute atomic E-state index is 0.0776. The molecule has 0 saturated carbocycles. The molecule has 0 radical (unpaired) electrons. The molecule has 2 aliphatic rings. The van der Waals surface area contributed by atoms with E-state index in [2.05, 4.69) is 20.3 Å². The molecular weight excluding hydrogens is 430 g/mol. The Balaban J connectivity index is 1.44. The van der Waals surface area contributed by atoms with Crippen LogP contribution < -0.4 is 5.32 Å². The maximum Gasteiger partial charge on any atom is 0.337 e. The number of rotatable bonds is 5. The van der Waals surface area contributed by atoms with Crippen LogP contribution in [0.2, 0.25) is 0 Å². The summed E-state index contributed by atoms with van der Waals surface area (Å²) in [5.74, 6) is -0.591. The van der Waals surface area contributed by atoms with Crippen molar-refractivity contribution in [2.24, 2.45) is 5.92 Å². The number of carbonyl (C=O) groups is 2. The van der Waals surface area contributed by atoms with E-state index in [9.17, 15) is 9.59 Å². The van der Waals surface area contributed by atoms with E-state index in [4.69, 9.17) is 4.74 Å². The zero-order valence-corrected chi connectivity index (χ0v) is 19.2. The molecule has 3 heterocycles. The first-order valence-electron chi connectivity index (χ1n) is 11.1. The smallest absolute Gasteiger partial charge is 0.337 e. The summed E-state index contributed by atoms with van der Waals surface area (Å²) in [4.78, 5) is 31.7. The summed E-state index contributed by atoms with van der Waals surface area (Å²) in [6.45, 7) is 4.53. The molecule has 1 aliphatic carbocycles. The number of nitrogens with zero attached hydrogens (tertiary/aromatic N) is 4. The number of aromatic nitrogens is 3. The highest BCUT2D eigenvalue weighted by molar-refractivity contribution is 6.08. The fraction of sp³-hybridized carbons (Fsp3) is 0.231. The molecule has 2 atom stereocenters. The third kappa shape index (κ3) is 3.77. The molecule has 0 fully saturated rings. The molecule has 2 aromatic heterocycles. The van der Waals surface area contributed by atoms with E-state index in [0.29, 0.717) is 17.7 Å². The number of ketones is 1. The van der Waals surface area contributed by atoms with E-state index in [1.807, 2.05) is 68.9 Å². The van der Waals surface area contributed by atoms with Crippen molar-refractivity contribution in [3.8, 4) is 0 Å². The Morgan fingerprint density at radius 1 is 1.24 bits per heavy atom. The molecule has 0 spiro atoms. The van der Waals surface area contributed by atoms with Crippen LogP contribution in [0.25, 0.3) is 11.2 Å². The van der Waals surface area contributed by atoms with Crippen LogP contribution in [-0.4, -0.2) is 44.5 Å². The lowest BCUT2D eigenvalue weighted by molar-refractivity contribution is -0.118. The quantitative estimate of drug-likeness (QED) is 0.590. The highest BCUT2D eigenvalue weighted by Crippen LogP contribution is 2.36. The summed E-state index contributed by atoms with van der Waals surface area (Å²) in [6.07, 6.45) is 8.90. The molecule has 0 saturated heterocycles. The first kappa shape index (κ1) is 21.6. The van der Waals surface area contributed by atoms with Gasteiger partial charge in [0.25, 0.3) is 0 Å². The number of esters is 1. The van der Waals surface area contributed by atoms with Gasteiger partial charge in [0.15, 0.2) is 11.4 Å². The predicted octanol–water partition coefficient (Wildman–Crippen LogP) is 3.34. The van der Waals surface area contributed by atoms with Crippen LogP contribution in [-0.2, 0) is 16.1 Å². The second-order valence-electron chi connectivity index (χ2n) is 8.51. The summed E-state index contributed by atoms with van der Waals surface area (Å²) >= 11 is 0. The molecule has 172 valence electrons. The van der Waals surface area contributed by atoms with Gasteiger partial charge in [-0.05, 0) is 59.5 Å². The number of Topliss-reactive ketones (excluding diaryl/α,β-unsaturated/α-hetero) is 1. The van der Waals surface area contributed by atoms with Crippen molar-refractivity contribution in [2.75, 3.05) is 7.11 Å². The second-order valence-corrected chi connectivity index (χ2v) is 8.51. The summed E-state index contributed by atoms with van der Waals surface area (Å²) in [7, 11) is 1.37. The van der Waals surface area contributed by atoms with Gasteiger partial charge in [0.2, 0.25) is 0 Å². The normalized spacial score (nSPS) is 20.0. The molecule has 0 amide bonds. The van der Waals surface area contributed by atoms with Crippen LogP contribution in [0.3, 0.4) is 0 Å². The molecule has 34 heavy (non-hydrogen) atoms. The van der Waals surface area contributed by atoms with E-state index in [1.165, 1.54) is 13.4 Å². The Bertz CT molecular complexity index is 1380. The lowest BCUT2D eigenvalue weighted by Crippen LogP contribution is -2.41. The van der Waals surface area contributed by atoms with E-state index in [-0.39, 0.29) is 23.8 Å².